The normalized spacial score (nSPS) is 24.0. The van der Waals surface area contributed by atoms with Gasteiger partial charge in [-0.2, -0.15) is 0 Å². The van der Waals surface area contributed by atoms with Crippen LogP contribution in [-0.2, 0) is 11.3 Å². The zero-order valence-electron chi connectivity index (χ0n) is 14.9. The average molecular weight is 357 g/mol. The summed E-state index contributed by atoms with van der Waals surface area (Å²) in [6, 6.07) is 5.24. The van der Waals surface area contributed by atoms with Crippen LogP contribution in [0.3, 0.4) is 0 Å². The van der Waals surface area contributed by atoms with Crippen LogP contribution < -0.4 is 15.4 Å². The van der Waals surface area contributed by atoms with Gasteiger partial charge in [0.25, 0.3) is 0 Å². The molecule has 1 aromatic heterocycles. The summed E-state index contributed by atoms with van der Waals surface area (Å²) in [6.07, 6.45) is 2.21. The molecule has 2 aliphatic rings. The van der Waals surface area contributed by atoms with Crippen molar-refractivity contribution < 1.29 is 19.1 Å². The lowest BCUT2D eigenvalue weighted by molar-refractivity contribution is -0.125. The number of phenolic OH excluding ortho intramolecular Hbond substituents is 1. The Hall–Kier alpha value is -2.54. The Labute approximate surface area is 151 Å². The second-order valence-electron chi connectivity index (χ2n) is 7.00. The number of rotatable bonds is 5. The molecule has 1 aromatic carbocycles. The SMILES string of the molecule is COc1cc(-c2nc(CNC(=O)[C@@H]3[C@H]4CC[C@@H]3NC4)c(C)o2)ccc1O. The molecule has 0 spiro atoms. The quantitative estimate of drug-likeness (QED) is 0.757. The summed E-state index contributed by atoms with van der Waals surface area (Å²) in [5.74, 6) is 2.15. The minimum absolute atomic E-state index is 0.0619. The fraction of sp³-hybridized carbons (Fsp3) is 0.474. The Bertz CT molecular complexity index is 812. The number of phenols is 1. The molecule has 26 heavy (non-hydrogen) atoms. The molecule has 2 heterocycles. The number of carbonyl (C=O) groups excluding carboxylic acids is 1. The van der Waals surface area contributed by atoms with E-state index in [1.54, 1.807) is 12.1 Å². The van der Waals surface area contributed by atoms with Crippen LogP contribution in [-0.4, -0.2) is 35.7 Å². The molecule has 0 radical (unpaired) electrons. The third kappa shape index (κ3) is 2.92. The third-order valence-electron chi connectivity index (χ3n) is 5.48. The molecule has 2 fully saturated rings. The van der Waals surface area contributed by atoms with E-state index in [4.69, 9.17) is 9.15 Å². The molecule has 2 aromatic rings. The molecular weight excluding hydrogens is 334 g/mol. The van der Waals surface area contributed by atoms with E-state index >= 15 is 0 Å². The summed E-state index contributed by atoms with van der Waals surface area (Å²) in [5, 5.41) is 16.1. The number of aryl methyl sites for hydroxylation is 1. The zero-order valence-corrected chi connectivity index (χ0v) is 14.9. The minimum atomic E-state index is 0.0619. The van der Waals surface area contributed by atoms with Crippen molar-refractivity contribution in [1.29, 1.82) is 0 Å². The lowest BCUT2D eigenvalue weighted by Gasteiger charge is -2.14. The molecule has 4 rings (SSSR count). The summed E-state index contributed by atoms with van der Waals surface area (Å²) >= 11 is 0. The fourth-order valence-electron chi connectivity index (χ4n) is 4.05. The van der Waals surface area contributed by atoms with Crippen molar-refractivity contribution in [2.45, 2.75) is 32.4 Å². The zero-order chi connectivity index (χ0) is 18.3. The number of methoxy groups -OCH3 is 1. The molecule has 3 N–H and O–H groups in total. The van der Waals surface area contributed by atoms with E-state index in [0.29, 0.717) is 47.2 Å². The van der Waals surface area contributed by atoms with Gasteiger partial charge in [0.05, 0.1) is 19.6 Å². The number of hydrogen-bond acceptors (Lipinski definition) is 6. The van der Waals surface area contributed by atoms with Gasteiger partial charge in [-0.1, -0.05) is 0 Å². The lowest BCUT2D eigenvalue weighted by atomic mass is 9.97. The number of piperidine rings is 1. The van der Waals surface area contributed by atoms with E-state index in [2.05, 4.69) is 15.6 Å². The van der Waals surface area contributed by atoms with Gasteiger partial charge in [0, 0.05) is 11.6 Å². The van der Waals surface area contributed by atoms with Crippen molar-refractivity contribution in [3.8, 4) is 23.0 Å². The summed E-state index contributed by atoms with van der Waals surface area (Å²) < 4.78 is 10.9. The van der Waals surface area contributed by atoms with Crippen LogP contribution in [0.15, 0.2) is 22.6 Å². The number of amides is 1. The van der Waals surface area contributed by atoms with Crippen molar-refractivity contribution >= 4 is 5.91 Å². The summed E-state index contributed by atoms with van der Waals surface area (Å²) in [4.78, 5) is 17.0. The minimum Gasteiger partial charge on any atom is -0.504 e. The molecule has 7 heteroatoms. The number of ether oxygens (including phenoxy) is 1. The van der Waals surface area contributed by atoms with Crippen molar-refractivity contribution in [2.75, 3.05) is 13.7 Å². The molecular formula is C19H23N3O4. The highest BCUT2D eigenvalue weighted by Crippen LogP contribution is 2.37. The topological polar surface area (TPSA) is 96.6 Å². The molecule has 7 nitrogen and oxygen atoms in total. The van der Waals surface area contributed by atoms with Crippen molar-refractivity contribution in [1.82, 2.24) is 15.6 Å². The van der Waals surface area contributed by atoms with E-state index in [0.717, 1.165) is 19.4 Å². The van der Waals surface area contributed by atoms with Gasteiger partial charge < -0.3 is 24.9 Å². The van der Waals surface area contributed by atoms with E-state index in [1.807, 2.05) is 6.92 Å². The largest absolute Gasteiger partial charge is 0.504 e. The molecule has 1 saturated carbocycles. The smallest absolute Gasteiger partial charge is 0.226 e. The molecule has 138 valence electrons. The van der Waals surface area contributed by atoms with Gasteiger partial charge in [-0.15, -0.1) is 0 Å². The van der Waals surface area contributed by atoms with E-state index in [1.165, 1.54) is 13.2 Å². The second-order valence-corrected chi connectivity index (χ2v) is 7.00. The first kappa shape index (κ1) is 16.9. The van der Waals surface area contributed by atoms with Gasteiger partial charge in [-0.05, 0) is 50.4 Å². The van der Waals surface area contributed by atoms with Gasteiger partial charge in [0.15, 0.2) is 11.5 Å². The maximum absolute atomic E-state index is 12.5. The van der Waals surface area contributed by atoms with Crippen LogP contribution in [0, 0.1) is 18.8 Å². The number of oxazole rings is 1. The number of carbonyl (C=O) groups is 1. The summed E-state index contributed by atoms with van der Waals surface area (Å²) in [7, 11) is 1.49. The first-order chi connectivity index (χ1) is 12.6. The Balaban J connectivity index is 1.46. The van der Waals surface area contributed by atoms with Gasteiger partial charge in [0.1, 0.15) is 11.5 Å². The van der Waals surface area contributed by atoms with Crippen LogP contribution in [0.5, 0.6) is 11.5 Å². The number of benzene rings is 1. The summed E-state index contributed by atoms with van der Waals surface area (Å²) in [5.41, 5.74) is 1.41. The summed E-state index contributed by atoms with van der Waals surface area (Å²) in [6.45, 7) is 3.12. The van der Waals surface area contributed by atoms with E-state index in [-0.39, 0.29) is 17.6 Å². The Morgan fingerprint density at radius 3 is 2.96 bits per heavy atom. The first-order valence-electron chi connectivity index (χ1n) is 8.91. The Kier molecular flexibility index (Phi) is 4.32. The van der Waals surface area contributed by atoms with Crippen molar-refractivity contribution in [2.24, 2.45) is 11.8 Å². The maximum atomic E-state index is 12.5. The Morgan fingerprint density at radius 2 is 2.31 bits per heavy atom. The van der Waals surface area contributed by atoms with Crippen LogP contribution in [0.1, 0.15) is 24.3 Å². The maximum Gasteiger partial charge on any atom is 0.226 e. The predicted molar refractivity (Wildman–Crippen MR) is 94.7 cm³/mol. The Morgan fingerprint density at radius 1 is 1.46 bits per heavy atom. The molecule has 3 atom stereocenters. The number of nitrogens with zero attached hydrogens (tertiary/aromatic N) is 1. The number of fused-ring (bicyclic) bond motifs is 2. The molecule has 1 aliphatic heterocycles. The molecule has 2 bridgehead atoms. The van der Waals surface area contributed by atoms with Crippen LogP contribution in [0.25, 0.3) is 11.5 Å². The molecule has 1 aliphatic carbocycles. The standard InChI is InChI=1S/C19H23N3O4/c1-10-14(9-21-18(24)17-12-3-5-13(17)20-8-12)22-19(26-10)11-4-6-15(23)16(7-11)25-2/h4,6-7,12-13,17,20,23H,3,5,8-9H2,1-2H3,(H,21,24)/t12-,13-,17+/m0/s1. The first-order valence-corrected chi connectivity index (χ1v) is 8.91. The van der Waals surface area contributed by atoms with Gasteiger partial charge in [-0.3, -0.25) is 4.79 Å². The lowest BCUT2D eigenvalue weighted by Crippen LogP contribution is -2.36. The van der Waals surface area contributed by atoms with Crippen LogP contribution in [0.4, 0.5) is 0 Å². The van der Waals surface area contributed by atoms with Gasteiger partial charge >= 0.3 is 0 Å². The number of aromatic nitrogens is 1. The van der Waals surface area contributed by atoms with Gasteiger partial charge in [0.2, 0.25) is 11.8 Å². The second kappa shape index (κ2) is 6.64. The fourth-order valence-corrected chi connectivity index (χ4v) is 4.05. The molecule has 0 unspecified atom stereocenters. The number of aromatic hydroxyl groups is 1. The van der Waals surface area contributed by atoms with Crippen molar-refractivity contribution in [3.05, 3.63) is 29.7 Å². The predicted octanol–water partition coefficient (Wildman–Crippen LogP) is 1.98. The highest BCUT2D eigenvalue weighted by molar-refractivity contribution is 5.80. The van der Waals surface area contributed by atoms with Crippen LogP contribution in [0.2, 0.25) is 0 Å². The van der Waals surface area contributed by atoms with E-state index in [9.17, 15) is 9.90 Å². The van der Waals surface area contributed by atoms with Crippen LogP contribution >= 0.6 is 0 Å². The molecule has 1 amide bonds. The monoisotopic (exact) mass is 357 g/mol. The average Bonchev–Trinajstić information content (AvgIpc) is 3.34. The molecule has 1 saturated heterocycles. The van der Waals surface area contributed by atoms with E-state index < -0.39 is 0 Å². The number of nitrogens with one attached hydrogen (secondary N) is 2. The highest BCUT2D eigenvalue weighted by Gasteiger charge is 2.45. The third-order valence-corrected chi connectivity index (χ3v) is 5.48. The van der Waals surface area contributed by atoms with Gasteiger partial charge in [-0.25, -0.2) is 4.98 Å². The number of hydrogen-bond donors (Lipinski definition) is 3. The van der Waals surface area contributed by atoms with Crippen molar-refractivity contribution in [3.63, 3.8) is 0 Å². The highest BCUT2D eigenvalue weighted by atomic mass is 16.5.